The van der Waals surface area contributed by atoms with Crippen molar-refractivity contribution in [3.05, 3.63) is 60.4 Å². The molecule has 2 aromatic carbocycles. The Labute approximate surface area is 168 Å². The van der Waals surface area contributed by atoms with Gasteiger partial charge in [-0.05, 0) is 37.1 Å². The minimum Gasteiger partial charge on any atom is -0.451 e. The average molecular weight is 401 g/mol. The standard InChI is InChI=1S/C21H24FN3O4/c1-13(2)18(25-21(28)23-15-9-5-4-6-10-15)20(27)29-14(3)19(26)24-17-12-8-7-11-16(17)22/h4-14,18H,1-3H3,(H,24,26)(H2,23,25,28)/t14-,18+/m1/s1. The molecule has 0 aliphatic carbocycles. The summed E-state index contributed by atoms with van der Waals surface area (Å²) < 4.78 is 18.8. The fourth-order valence-corrected chi connectivity index (χ4v) is 2.43. The average Bonchev–Trinajstić information content (AvgIpc) is 2.68. The van der Waals surface area contributed by atoms with Crippen LogP contribution in [-0.2, 0) is 14.3 Å². The van der Waals surface area contributed by atoms with E-state index in [0.717, 1.165) is 0 Å². The zero-order valence-electron chi connectivity index (χ0n) is 16.4. The van der Waals surface area contributed by atoms with Crippen LogP contribution >= 0.6 is 0 Å². The summed E-state index contributed by atoms with van der Waals surface area (Å²) in [5, 5.41) is 7.54. The van der Waals surface area contributed by atoms with Gasteiger partial charge in [0, 0.05) is 5.69 Å². The molecule has 0 saturated heterocycles. The number of anilines is 2. The molecule has 0 aliphatic rings. The SMILES string of the molecule is CC(C)[C@H](NC(=O)Nc1ccccc1)C(=O)O[C@H](C)C(=O)Nc1ccccc1F. The van der Waals surface area contributed by atoms with Gasteiger partial charge in [0.25, 0.3) is 5.91 Å². The molecule has 7 nitrogen and oxygen atoms in total. The maximum Gasteiger partial charge on any atom is 0.329 e. The molecule has 0 aromatic heterocycles. The molecule has 0 aliphatic heterocycles. The number of para-hydroxylation sites is 2. The molecule has 3 amide bonds. The van der Waals surface area contributed by atoms with E-state index < -0.39 is 35.9 Å². The highest BCUT2D eigenvalue weighted by molar-refractivity contribution is 5.96. The second-order valence-electron chi connectivity index (χ2n) is 6.73. The number of hydrogen-bond acceptors (Lipinski definition) is 4. The molecule has 0 heterocycles. The number of nitrogens with one attached hydrogen (secondary N) is 3. The molecule has 0 saturated carbocycles. The van der Waals surface area contributed by atoms with Gasteiger partial charge in [0.05, 0.1) is 5.69 Å². The van der Waals surface area contributed by atoms with Gasteiger partial charge in [0.1, 0.15) is 11.9 Å². The second kappa shape index (κ2) is 10.2. The monoisotopic (exact) mass is 401 g/mol. The molecule has 3 N–H and O–H groups in total. The molecule has 29 heavy (non-hydrogen) atoms. The van der Waals surface area contributed by atoms with Crippen LogP contribution in [0.25, 0.3) is 0 Å². The smallest absolute Gasteiger partial charge is 0.329 e. The van der Waals surface area contributed by atoms with E-state index >= 15 is 0 Å². The molecule has 154 valence electrons. The van der Waals surface area contributed by atoms with Crippen LogP contribution in [0.1, 0.15) is 20.8 Å². The quantitative estimate of drug-likeness (QED) is 0.618. The second-order valence-corrected chi connectivity index (χ2v) is 6.73. The third-order valence-corrected chi connectivity index (χ3v) is 4.03. The number of hydrogen-bond donors (Lipinski definition) is 3. The van der Waals surface area contributed by atoms with Gasteiger partial charge >= 0.3 is 12.0 Å². The number of carbonyl (C=O) groups excluding carboxylic acids is 3. The first-order chi connectivity index (χ1) is 13.8. The van der Waals surface area contributed by atoms with Gasteiger partial charge in [-0.3, -0.25) is 4.79 Å². The van der Waals surface area contributed by atoms with Crippen LogP contribution in [0.15, 0.2) is 54.6 Å². The summed E-state index contributed by atoms with van der Waals surface area (Å²) in [5.74, 6) is -2.33. The van der Waals surface area contributed by atoms with E-state index in [1.54, 1.807) is 44.2 Å². The number of ether oxygens (including phenoxy) is 1. The number of amides is 3. The van der Waals surface area contributed by atoms with Crippen molar-refractivity contribution in [2.75, 3.05) is 10.6 Å². The Kier molecular flexibility index (Phi) is 7.70. The van der Waals surface area contributed by atoms with E-state index in [1.807, 2.05) is 6.07 Å². The van der Waals surface area contributed by atoms with Gasteiger partial charge in [-0.2, -0.15) is 0 Å². The van der Waals surface area contributed by atoms with Crippen molar-refractivity contribution < 1.29 is 23.5 Å². The Hall–Kier alpha value is -3.42. The van der Waals surface area contributed by atoms with Crippen LogP contribution in [0, 0.1) is 11.7 Å². The Balaban J connectivity index is 1.94. The topological polar surface area (TPSA) is 96.5 Å². The molecule has 0 fully saturated rings. The van der Waals surface area contributed by atoms with Crippen LogP contribution in [0.3, 0.4) is 0 Å². The van der Waals surface area contributed by atoms with E-state index in [0.29, 0.717) is 5.69 Å². The normalized spacial score (nSPS) is 12.6. The van der Waals surface area contributed by atoms with Crippen molar-refractivity contribution in [2.45, 2.75) is 32.9 Å². The molecule has 0 radical (unpaired) electrons. The molecule has 0 spiro atoms. The highest BCUT2D eigenvalue weighted by atomic mass is 19.1. The summed E-state index contributed by atoms with van der Waals surface area (Å²) in [6.45, 7) is 4.84. The lowest BCUT2D eigenvalue weighted by molar-refractivity contribution is -0.156. The van der Waals surface area contributed by atoms with E-state index in [2.05, 4.69) is 16.0 Å². The molecule has 2 atom stereocenters. The van der Waals surface area contributed by atoms with Gasteiger partial charge in [-0.15, -0.1) is 0 Å². The first-order valence-corrected chi connectivity index (χ1v) is 9.16. The number of rotatable bonds is 7. The van der Waals surface area contributed by atoms with Crippen LogP contribution in [-0.4, -0.2) is 30.1 Å². The molecular weight excluding hydrogens is 377 g/mol. The largest absolute Gasteiger partial charge is 0.451 e. The molecule has 2 aromatic rings. The van der Waals surface area contributed by atoms with Crippen LogP contribution < -0.4 is 16.0 Å². The minimum absolute atomic E-state index is 0.0128. The van der Waals surface area contributed by atoms with Gasteiger partial charge in [0.15, 0.2) is 6.10 Å². The number of benzene rings is 2. The lowest BCUT2D eigenvalue weighted by Gasteiger charge is -2.23. The van der Waals surface area contributed by atoms with Gasteiger partial charge in [0.2, 0.25) is 0 Å². The lowest BCUT2D eigenvalue weighted by atomic mass is 10.0. The van der Waals surface area contributed by atoms with E-state index in [4.69, 9.17) is 4.74 Å². The summed E-state index contributed by atoms with van der Waals surface area (Å²) in [5.41, 5.74) is 0.555. The zero-order valence-corrected chi connectivity index (χ0v) is 16.4. The zero-order chi connectivity index (χ0) is 21.4. The van der Waals surface area contributed by atoms with E-state index in [-0.39, 0.29) is 11.6 Å². The van der Waals surface area contributed by atoms with Crippen molar-refractivity contribution in [1.82, 2.24) is 5.32 Å². The predicted octanol–water partition coefficient (Wildman–Crippen LogP) is 3.54. The maximum absolute atomic E-state index is 13.7. The van der Waals surface area contributed by atoms with Crippen LogP contribution in [0.4, 0.5) is 20.6 Å². The van der Waals surface area contributed by atoms with Crippen molar-refractivity contribution in [3.8, 4) is 0 Å². The summed E-state index contributed by atoms with van der Waals surface area (Å²) in [6.07, 6.45) is -1.18. The molecule has 0 bridgehead atoms. The fourth-order valence-electron chi connectivity index (χ4n) is 2.43. The van der Waals surface area contributed by atoms with E-state index in [1.165, 1.54) is 25.1 Å². The third-order valence-electron chi connectivity index (χ3n) is 4.03. The van der Waals surface area contributed by atoms with Gasteiger partial charge < -0.3 is 20.7 Å². The Morgan fingerprint density at radius 2 is 1.52 bits per heavy atom. The molecular formula is C21H24FN3O4. The van der Waals surface area contributed by atoms with Crippen LogP contribution in [0.5, 0.6) is 0 Å². The lowest BCUT2D eigenvalue weighted by Crippen LogP contribution is -2.48. The first kappa shape index (κ1) is 21.9. The van der Waals surface area contributed by atoms with Gasteiger partial charge in [-0.25, -0.2) is 14.0 Å². The van der Waals surface area contributed by atoms with Crippen molar-refractivity contribution in [2.24, 2.45) is 5.92 Å². The Bertz CT molecular complexity index is 858. The summed E-state index contributed by atoms with van der Waals surface area (Å²) in [6, 6.07) is 12.9. The molecule has 8 heteroatoms. The van der Waals surface area contributed by atoms with Crippen molar-refractivity contribution >= 4 is 29.3 Å². The predicted molar refractivity (Wildman–Crippen MR) is 108 cm³/mol. The van der Waals surface area contributed by atoms with Crippen molar-refractivity contribution in [1.29, 1.82) is 0 Å². The highest BCUT2D eigenvalue weighted by Crippen LogP contribution is 2.14. The number of urea groups is 1. The molecule has 0 unspecified atom stereocenters. The van der Waals surface area contributed by atoms with Gasteiger partial charge in [-0.1, -0.05) is 44.2 Å². The summed E-state index contributed by atoms with van der Waals surface area (Å²) in [4.78, 5) is 36.9. The maximum atomic E-state index is 13.7. The Morgan fingerprint density at radius 3 is 2.14 bits per heavy atom. The summed E-state index contributed by atoms with van der Waals surface area (Å²) in [7, 11) is 0. The number of halogens is 1. The Morgan fingerprint density at radius 1 is 0.897 bits per heavy atom. The first-order valence-electron chi connectivity index (χ1n) is 9.16. The summed E-state index contributed by atoms with van der Waals surface area (Å²) >= 11 is 0. The van der Waals surface area contributed by atoms with Crippen molar-refractivity contribution in [3.63, 3.8) is 0 Å². The minimum atomic E-state index is -1.18. The number of esters is 1. The third kappa shape index (κ3) is 6.60. The number of carbonyl (C=O) groups is 3. The molecule has 2 rings (SSSR count). The fraction of sp³-hybridized carbons (Fsp3) is 0.286. The van der Waals surface area contributed by atoms with Crippen LogP contribution in [0.2, 0.25) is 0 Å². The van der Waals surface area contributed by atoms with E-state index in [9.17, 15) is 18.8 Å². The highest BCUT2D eigenvalue weighted by Gasteiger charge is 2.29.